The van der Waals surface area contributed by atoms with Crippen LogP contribution in [-0.4, -0.2) is 12.0 Å². The molecule has 0 atom stereocenters. The van der Waals surface area contributed by atoms with Gasteiger partial charge in [0.2, 0.25) is 0 Å². The summed E-state index contributed by atoms with van der Waals surface area (Å²) in [4.78, 5) is 0. The molecule has 0 saturated heterocycles. The predicted molar refractivity (Wildman–Crippen MR) is 24.4 cm³/mol. The van der Waals surface area contributed by atoms with Crippen molar-refractivity contribution >= 4 is 0 Å². The molecule has 0 aliphatic heterocycles. The Bertz CT molecular complexity index is 20.4. The van der Waals surface area contributed by atoms with Crippen LogP contribution in [0.5, 0.6) is 0 Å². The Morgan fingerprint density at radius 1 is 1.57 bits per heavy atom. The van der Waals surface area contributed by atoms with Crippen molar-refractivity contribution in [1.29, 1.82) is 0 Å². The number of hydrogen-bond acceptors (Lipinski definition) is 3. The second kappa shape index (κ2) is 16.4. The summed E-state index contributed by atoms with van der Waals surface area (Å²) in [6.07, 6.45) is 1.11. The average molecular weight is 127 g/mol. The van der Waals surface area contributed by atoms with E-state index in [1.807, 2.05) is 0 Å². The van der Waals surface area contributed by atoms with Gasteiger partial charge < -0.3 is 17.9 Å². The van der Waals surface area contributed by atoms with E-state index in [0.717, 1.165) is 13.0 Å². The van der Waals surface area contributed by atoms with E-state index in [2.05, 4.69) is 12.3 Å². The lowest BCUT2D eigenvalue weighted by molar-refractivity contribution is -0.00000249. The van der Waals surface area contributed by atoms with Crippen LogP contribution in [0.4, 0.5) is 0 Å². The second-order valence-corrected chi connectivity index (χ2v) is 0.954. The number of hydrogen-bond donors (Lipinski definition) is 2. The molecular weight excluding hydrogens is 115 g/mol. The van der Waals surface area contributed by atoms with Gasteiger partial charge >= 0.3 is 0 Å². The fourth-order valence-corrected chi connectivity index (χ4v) is 0.144. The highest BCUT2D eigenvalue weighted by molar-refractivity contribution is 4.25. The zero-order valence-corrected chi connectivity index (χ0v) is 5.07. The van der Waals surface area contributed by atoms with Gasteiger partial charge in [0, 0.05) is 6.54 Å². The Morgan fingerprint density at radius 2 is 2.00 bits per heavy atom. The normalized spacial score (nSPS) is 6.00. The van der Waals surface area contributed by atoms with Gasteiger partial charge in [-0.05, 0) is 6.42 Å². The maximum absolute atomic E-state index is 4.89. The maximum atomic E-state index is 4.89. The second-order valence-electron chi connectivity index (χ2n) is 0.954. The Morgan fingerprint density at radius 3 is 2.00 bits per heavy atom. The SMILES string of the molecule is CCCNN.[Cl-].[OH-]. The van der Waals surface area contributed by atoms with Gasteiger partial charge in [-0.15, -0.1) is 0 Å². The van der Waals surface area contributed by atoms with Crippen molar-refractivity contribution < 1.29 is 17.9 Å². The van der Waals surface area contributed by atoms with Crippen molar-refractivity contribution in [3.05, 3.63) is 0 Å². The molecule has 0 bridgehead atoms. The minimum atomic E-state index is 0. The summed E-state index contributed by atoms with van der Waals surface area (Å²) >= 11 is 0. The topological polar surface area (TPSA) is 68.0 Å². The Hall–Kier alpha value is 0.170. The van der Waals surface area contributed by atoms with E-state index in [9.17, 15) is 0 Å². The molecule has 0 aromatic rings. The van der Waals surface area contributed by atoms with Gasteiger partial charge in [0.15, 0.2) is 0 Å². The van der Waals surface area contributed by atoms with Crippen molar-refractivity contribution in [1.82, 2.24) is 5.43 Å². The number of nitrogens with two attached hydrogens (primary N) is 1. The van der Waals surface area contributed by atoms with E-state index in [-0.39, 0.29) is 17.9 Å². The summed E-state index contributed by atoms with van der Waals surface area (Å²) in [5.41, 5.74) is 2.52. The molecule has 0 aliphatic carbocycles. The van der Waals surface area contributed by atoms with Crippen molar-refractivity contribution in [3.63, 3.8) is 0 Å². The van der Waals surface area contributed by atoms with Crippen molar-refractivity contribution in [2.75, 3.05) is 6.54 Å². The molecule has 0 saturated carbocycles. The standard InChI is InChI=1S/C3H10N2.ClH.H2O/c1-2-3-5-4;;/h5H,2-4H2,1H3;1H;1H2/p-2. The molecule has 4 N–H and O–H groups in total. The highest BCUT2D eigenvalue weighted by Gasteiger charge is 1.64. The predicted octanol–water partition coefficient (Wildman–Crippen LogP) is -3.31. The van der Waals surface area contributed by atoms with Crippen LogP contribution in [-0.2, 0) is 0 Å². The fraction of sp³-hybridized carbons (Fsp3) is 1.00. The van der Waals surface area contributed by atoms with Gasteiger partial charge in [0.25, 0.3) is 0 Å². The number of rotatable bonds is 2. The molecule has 0 unspecified atom stereocenters. The number of hydrazine groups is 1. The van der Waals surface area contributed by atoms with Crippen LogP contribution >= 0.6 is 0 Å². The molecule has 48 valence electrons. The molecular formula is C3H11ClN2O-2. The largest absolute Gasteiger partial charge is 1.00 e. The molecule has 0 heterocycles. The van der Waals surface area contributed by atoms with Crippen LogP contribution in [0.1, 0.15) is 13.3 Å². The van der Waals surface area contributed by atoms with Crippen molar-refractivity contribution in [3.8, 4) is 0 Å². The minimum Gasteiger partial charge on any atom is -1.00 e. The van der Waals surface area contributed by atoms with Crippen LogP contribution in [0, 0.1) is 0 Å². The van der Waals surface area contributed by atoms with Crippen molar-refractivity contribution in [2.24, 2.45) is 5.84 Å². The lowest BCUT2D eigenvalue weighted by atomic mass is 10.5. The third-order valence-electron chi connectivity index (χ3n) is 0.394. The van der Waals surface area contributed by atoms with E-state index >= 15 is 0 Å². The van der Waals surface area contributed by atoms with Gasteiger partial charge in [0.05, 0.1) is 0 Å². The maximum Gasteiger partial charge on any atom is 0.00947 e. The number of nitrogens with one attached hydrogen (secondary N) is 1. The third-order valence-corrected chi connectivity index (χ3v) is 0.394. The summed E-state index contributed by atoms with van der Waals surface area (Å²) in [5, 5.41) is 0. The van der Waals surface area contributed by atoms with E-state index in [0.29, 0.717) is 0 Å². The number of halogens is 1. The Labute approximate surface area is 50.0 Å². The molecule has 0 radical (unpaired) electrons. The van der Waals surface area contributed by atoms with E-state index in [4.69, 9.17) is 5.84 Å². The molecule has 0 aromatic heterocycles. The van der Waals surface area contributed by atoms with Crippen LogP contribution in [0.2, 0.25) is 0 Å². The Kier molecular flexibility index (Phi) is 36.8. The Balaban J connectivity index is -0.0000000800. The average Bonchev–Trinajstić information content (AvgIpc) is 1.41. The fourth-order valence-electron chi connectivity index (χ4n) is 0.144. The first-order valence-electron chi connectivity index (χ1n) is 1.85. The highest BCUT2D eigenvalue weighted by Crippen LogP contribution is 1.61. The highest BCUT2D eigenvalue weighted by atomic mass is 35.5. The molecule has 0 aromatic carbocycles. The first-order chi connectivity index (χ1) is 2.41. The zero-order chi connectivity index (χ0) is 4.12. The molecule has 0 rings (SSSR count). The van der Waals surface area contributed by atoms with Gasteiger partial charge in [-0.3, -0.25) is 11.3 Å². The van der Waals surface area contributed by atoms with Gasteiger partial charge in [-0.25, -0.2) is 0 Å². The van der Waals surface area contributed by atoms with Gasteiger partial charge in [-0.1, -0.05) is 6.92 Å². The van der Waals surface area contributed by atoms with Crippen LogP contribution < -0.4 is 23.7 Å². The first kappa shape index (κ1) is 15.7. The van der Waals surface area contributed by atoms with E-state index in [1.165, 1.54) is 0 Å². The first-order valence-corrected chi connectivity index (χ1v) is 1.85. The summed E-state index contributed by atoms with van der Waals surface area (Å²) in [6, 6.07) is 0. The summed E-state index contributed by atoms with van der Waals surface area (Å²) < 4.78 is 0. The van der Waals surface area contributed by atoms with Crippen LogP contribution in [0.3, 0.4) is 0 Å². The zero-order valence-electron chi connectivity index (χ0n) is 4.32. The lowest BCUT2D eigenvalue weighted by Gasteiger charge is -1.85. The van der Waals surface area contributed by atoms with E-state index < -0.39 is 0 Å². The van der Waals surface area contributed by atoms with Gasteiger partial charge in [-0.2, -0.15) is 0 Å². The monoisotopic (exact) mass is 126 g/mol. The quantitative estimate of drug-likeness (QED) is 0.301. The summed E-state index contributed by atoms with van der Waals surface area (Å²) in [7, 11) is 0. The minimum absolute atomic E-state index is 0. The molecule has 3 nitrogen and oxygen atoms in total. The smallest absolute Gasteiger partial charge is 0.00947 e. The molecule has 0 spiro atoms. The summed E-state index contributed by atoms with van der Waals surface area (Å²) in [5.74, 6) is 4.89. The van der Waals surface area contributed by atoms with Crippen LogP contribution in [0.15, 0.2) is 0 Å². The molecule has 0 fully saturated rings. The van der Waals surface area contributed by atoms with Crippen molar-refractivity contribution in [2.45, 2.75) is 13.3 Å². The summed E-state index contributed by atoms with van der Waals surface area (Å²) in [6.45, 7) is 2.99. The van der Waals surface area contributed by atoms with Gasteiger partial charge in [0.1, 0.15) is 0 Å². The molecule has 0 amide bonds. The van der Waals surface area contributed by atoms with Crippen LogP contribution in [0.25, 0.3) is 0 Å². The third kappa shape index (κ3) is 22.8. The molecule has 7 heavy (non-hydrogen) atoms. The molecule has 4 heteroatoms. The molecule has 0 aliphatic rings. The van der Waals surface area contributed by atoms with E-state index in [1.54, 1.807) is 0 Å². The lowest BCUT2D eigenvalue weighted by Crippen LogP contribution is -3.00.